The molecule has 100 valence electrons. The zero-order valence-corrected chi connectivity index (χ0v) is 10.9. The van der Waals surface area contributed by atoms with Gasteiger partial charge in [0.1, 0.15) is 17.5 Å². The Hall–Kier alpha value is -1.40. The van der Waals surface area contributed by atoms with Crippen LogP contribution in [-0.4, -0.2) is 34.3 Å². The third-order valence-corrected chi connectivity index (χ3v) is 3.28. The van der Waals surface area contributed by atoms with Crippen molar-refractivity contribution in [1.29, 1.82) is 0 Å². The Bertz CT molecular complexity index is 409. The second-order valence-electron chi connectivity index (χ2n) is 4.94. The first kappa shape index (κ1) is 13.0. The predicted molar refractivity (Wildman–Crippen MR) is 71.4 cm³/mol. The molecular weight excluding hydrogens is 230 g/mol. The zero-order chi connectivity index (χ0) is 13.1. The van der Waals surface area contributed by atoms with Crippen LogP contribution in [0.1, 0.15) is 38.4 Å². The molecule has 0 radical (unpaired) electrons. The van der Waals surface area contributed by atoms with Crippen LogP contribution in [0.5, 0.6) is 0 Å². The molecule has 0 aromatic carbocycles. The number of anilines is 2. The normalized spacial score (nSPS) is 19.6. The molecule has 0 spiro atoms. The lowest BCUT2D eigenvalue weighted by Crippen LogP contribution is -2.33. The highest BCUT2D eigenvalue weighted by atomic mass is 16.3. The van der Waals surface area contributed by atoms with E-state index in [0.29, 0.717) is 5.82 Å². The number of aliphatic hydroxyl groups is 1. The van der Waals surface area contributed by atoms with E-state index in [1.54, 1.807) is 0 Å². The third kappa shape index (κ3) is 2.54. The number of hydrogen-bond acceptors (Lipinski definition) is 6. The monoisotopic (exact) mass is 251 g/mol. The van der Waals surface area contributed by atoms with Gasteiger partial charge in [0.15, 0.2) is 0 Å². The Kier molecular flexibility index (Phi) is 3.98. The van der Waals surface area contributed by atoms with Crippen molar-refractivity contribution in [3.63, 3.8) is 0 Å². The lowest BCUT2D eigenvalue weighted by molar-refractivity contribution is 0.266. The van der Waals surface area contributed by atoms with Crippen molar-refractivity contribution in [1.82, 2.24) is 9.97 Å². The molecule has 2 heterocycles. The fourth-order valence-electron chi connectivity index (χ4n) is 2.26. The molecule has 1 unspecified atom stereocenters. The largest absolute Gasteiger partial charge is 0.394 e. The fraction of sp³-hybridized carbons (Fsp3) is 0.667. The van der Waals surface area contributed by atoms with Crippen molar-refractivity contribution in [3.8, 4) is 0 Å². The number of hydrazine groups is 1. The molecule has 0 amide bonds. The summed E-state index contributed by atoms with van der Waals surface area (Å²) in [6, 6.07) is 1.99. The number of nitrogens with one attached hydrogen (secondary N) is 1. The van der Waals surface area contributed by atoms with Crippen LogP contribution >= 0.6 is 0 Å². The molecule has 1 aromatic heterocycles. The minimum atomic E-state index is 0.158. The minimum absolute atomic E-state index is 0.158. The molecule has 4 N–H and O–H groups in total. The van der Waals surface area contributed by atoms with Gasteiger partial charge in [-0.15, -0.1) is 0 Å². The average molecular weight is 251 g/mol. The van der Waals surface area contributed by atoms with Crippen molar-refractivity contribution in [2.45, 2.75) is 38.6 Å². The highest BCUT2D eigenvalue weighted by Gasteiger charge is 2.25. The molecule has 0 saturated carbocycles. The summed E-state index contributed by atoms with van der Waals surface area (Å²) in [6.07, 6.45) is 2.08. The molecular formula is C12H21N5O. The Balaban J connectivity index is 2.34. The Morgan fingerprint density at radius 3 is 2.94 bits per heavy atom. The Morgan fingerprint density at radius 2 is 2.33 bits per heavy atom. The van der Waals surface area contributed by atoms with E-state index in [9.17, 15) is 5.11 Å². The third-order valence-electron chi connectivity index (χ3n) is 3.28. The molecule has 1 saturated heterocycles. The highest BCUT2D eigenvalue weighted by Crippen LogP contribution is 2.26. The first-order valence-electron chi connectivity index (χ1n) is 6.38. The molecule has 1 aromatic rings. The molecule has 1 aliphatic heterocycles. The summed E-state index contributed by atoms with van der Waals surface area (Å²) in [7, 11) is 0. The van der Waals surface area contributed by atoms with E-state index in [4.69, 9.17) is 5.84 Å². The number of aliphatic hydroxyl groups excluding tert-OH is 1. The standard InChI is InChI=1S/C12H21N5O/c1-8(2)12-14-10(16-13)6-11(15-12)17-5-3-4-9(17)7-18/h6,8-9,18H,3-5,7,13H2,1-2H3,(H,14,15,16). The van der Waals surface area contributed by atoms with E-state index in [-0.39, 0.29) is 18.6 Å². The highest BCUT2D eigenvalue weighted by molar-refractivity contribution is 5.50. The van der Waals surface area contributed by atoms with Gasteiger partial charge in [-0.2, -0.15) is 0 Å². The van der Waals surface area contributed by atoms with Gasteiger partial charge in [0, 0.05) is 18.5 Å². The van der Waals surface area contributed by atoms with Crippen molar-refractivity contribution in [2.75, 3.05) is 23.5 Å². The van der Waals surface area contributed by atoms with Gasteiger partial charge in [-0.3, -0.25) is 0 Å². The quantitative estimate of drug-likeness (QED) is 0.543. The van der Waals surface area contributed by atoms with Crippen LogP contribution in [0.2, 0.25) is 0 Å². The summed E-state index contributed by atoms with van der Waals surface area (Å²) in [4.78, 5) is 11.0. The van der Waals surface area contributed by atoms with Crippen molar-refractivity contribution in [3.05, 3.63) is 11.9 Å². The summed E-state index contributed by atoms with van der Waals surface area (Å²) >= 11 is 0. The van der Waals surface area contributed by atoms with Gasteiger partial charge in [-0.25, -0.2) is 15.8 Å². The summed E-state index contributed by atoms with van der Waals surface area (Å²) < 4.78 is 0. The average Bonchev–Trinajstić information content (AvgIpc) is 2.86. The maximum atomic E-state index is 9.38. The molecule has 0 bridgehead atoms. The first-order chi connectivity index (χ1) is 8.65. The molecule has 6 heteroatoms. The van der Waals surface area contributed by atoms with Crippen molar-refractivity contribution >= 4 is 11.6 Å². The molecule has 2 rings (SSSR count). The zero-order valence-electron chi connectivity index (χ0n) is 10.9. The maximum Gasteiger partial charge on any atom is 0.145 e. The molecule has 6 nitrogen and oxygen atoms in total. The van der Waals surface area contributed by atoms with Crippen LogP contribution in [0.3, 0.4) is 0 Å². The number of nitrogen functional groups attached to an aromatic ring is 1. The second kappa shape index (κ2) is 5.49. The van der Waals surface area contributed by atoms with E-state index >= 15 is 0 Å². The summed E-state index contributed by atoms with van der Waals surface area (Å²) in [5.74, 6) is 7.92. The van der Waals surface area contributed by atoms with E-state index in [1.807, 2.05) is 19.9 Å². The van der Waals surface area contributed by atoms with Gasteiger partial charge in [-0.05, 0) is 12.8 Å². The van der Waals surface area contributed by atoms with Crippen molar-refractivity contribution < 1.29 is 5.11 Å². The minimum Gasteiger partial charge on any atom is -0.394 e. The van der Waals surface area contributed by atoms with E-state index < -0.39 is 0 Å². The molecule has 1 atom stereocenters. The molecule has 18 heavy (non-hydrogen) atoms. The van der Waals surface area contributed by atoms with Crippen LogP contribution in [0.4, 0.5) is 11.6 Å². The maximum absolute atomic E-state index is 9.38. The van der Waals surface area contributed by atoms with Crippen molar-refractivity contribution in [2.24, 2.45) is 5.84 Å². The predicted octanol–water partition coefficient (Wildman–Crippen LogP) is 0.847. The second-order valence-corrected chi connectivity index (χ2v) is 4.94. The van der Waals surface area contributed by atoms with E-state index in [2.05, 4.69) is 20.3 Å². The SMILES string of the molecule is CC(C)c1nc(NN)cc(N2CCCC2CO)n1. The van der Waals surface area contributed by atoms with Crippen LogP contribution in [-0.2, 0) is 0 Å². The van der Waals surface area contributed by atoms with Crippen LogP contribution in [0.15, 0.2) is 6.07 Å². The number of hydrogen-bond donors (Lipinski definition) is 3. The van der Waals surface area contributed by atoms with Gasteiger partial charge < -0.3 is 15.4 Å². The summed E-state index contributed by atoms with van der Waals surface area (Å²) in [6.45, 7) is 5.18. The smallest absolute Gasteiger partial charge is 0.145 e. The summed E-state index contributed by atoms with van der Waals surface area (Å²) in [5.41, 5.74) is 2.58. The van der Waals surface area contributed by atoms with Gasteiger partial charge in [0.25, 0.3) is 0 Å². The van der Waals surface area contributed by atoms with Gasteiger partial charge >= 0.3 is 0 Å². The number of nitrogens with two attached hydrogens (primary N) is 1. The number of rotatable bonds is 4. The lowest BCUT2D eigenvalue weighted by Gasteiger charge is -2.25. The number of aromatic nitrogens is 2. The van der Waals surface area contributed by atoms with Gasteiger partial charge in [0.05, 0.1) is 12.6 Å². The van der Waals surface area contributed by atoms with Gasteiger partial charge in [0.2, 0.25) is 0 Å². The molecule has 0 aliphatic carbocycles. The van der Waals surface area contributed by atoms with Gasteiger partial charge in [-0.1, -0.05) is 13.8 Å². The number of nitrogens with zero attached hydrogens (tertiary/aromatic N) is 3. The topological polar surface area (TPSA) is 87.3 Å². The first-order valence-corrected chi connectivity index (χ1v) is 6.38. The summed E-state index contributed by atoms with van der Waals surface area (Å²) in [5, 5.41) is 9.38. The Morgan fingerprint density at radius 1 is 1.56 bits per heavy atom. The molecule has 1 fully saturated rings. The fourth-order valence-corrected chi connectivity index (χ4v) is 2.26. The van der Waals surface area contributed by atoms with Crippen LogP contribution in [0.25, 0.3) is 0 Å². The molecule has 1 aliphatic rings. The van der Waals surface area contributed by atoms with Crippen LogP contribution < -0.4 is 16.2 Å². The van der Waals surface area contributed by atoms with Crippen LogP contribution in [0, 0.1) is 0 Å². The van der Waals surface area contributed by atoms with E-state index in [1.165, 1.54) is 0 Å². The lowest BCUT2D eigenvalue weighted by atomic mass is 10.2. The Labute approximate surface area is 107 Å². The van der Waals surface area contributed by atoms with E-state index in [0.717, 1.165) is 31.0 Å².